The van der Waals surface area contributed by atoms with Crippen LogP contribution in [0.15, 0.2) is 71.5 Å². The number of urea groups is 1. The van der Waals surface area contributed by atoms with Crippen LogP contribution in [0.4, 0.5) is 10.5 Å². The van der Waals surface area contributed by atoms with Gasteiger partial charge >= 0.3 is 6.03 Å². The molecule has 6 heteroatoms. The van der Waals surface area contributed by atoms with Crippen molar-refractivity contribution in [2.75, 3.05) is 12.4 Å². The molecule has 31 heavy (non-hydrogen) atoms. The van der Waals surface area contributed by atoms with Gasteiger partial charge in [-0.05, 0) is 36.9 Å². The van der Waals surface area contributed by atoms with Crippen molar-refractivity contribution >= 4 is 33.4 Å². The maximum atomic E-state index is 13.2. The van der Waals surface area contributed by atoms with Gasteiger partial charge in [-0.25, -0.2) is 9.78 Å². The SMILES string of the molecule is CCC(c1nc2ccccc2c(=O)n1CC)N(C)C(=O)Nc1cccc2ccccc12. The Morgan fingerprint density at radius 3 is 2.42 bits per heavy atom. The van der Waals surface area contributed by atoms with Gasteiger partial charge in [0.15, 0.2) is 0 Å². The van der Waals surface area contributed by atoms with Crippen LogP contribution in [0.1, 0.15) is 32.1 Å². The molecule has 1 heterocycles. The zero-order chi connectivity index (χ0) is 22.0. The van der Waals surface area contributed by atoms with Gasteiger partial charge in [0, 0.05) is 19.0 Å². The Bertz CT molecular complexity index is 1310. The summed E-state index contributed by atoms with van der Waals surface area (Å²) in [6.45, 7) is 4.40. The van der Waals surface area contributed by atoms with Gasteiger partial charge in [0.2, 0.25) is 0 Å². The molecule has 3 aromatic carbocycles. The molecule has 4 rings (SSSR count). The van der Waals surface area contributed by atoms with E-state index in [1.165, 1.54) is 0 Å². The third-order valence-electron chi connectivity index (χ3n) is 5.71. The van der Waals surface area contributed by atoms with Crippen LogP contribution in [-0.4, -0.2) is 27.5 Å². The van der Waals surface area contributed by atoms with Crippen LogP contribution in [0.25, 0.3) is 21.7 Å². The molecule has 0 spiro atoms. The van der Waals surface area contributed by atoms with Crippen LogP contribution in [0.2, 0.25) is 0 Å². The normalized spacial score (nSPS) is 12.1. The van der Waals surface area contributed by atoms with E-state index in [0.29, 0.717) is 29.7 Å². The molecule has 0 fully saturated rings. The number of carbonyl (C=O) groups excluding carboxylic acids is 1. The Kier molecular flexibility index (Phi) is 5.71. The van der Waals surface area contributed by atoms with E-state index >= 15 is 0 Å². The molecule has 1 atom stereocenters. The molecule has 1 aromatic heterocycles. The lowest BCUT2D eigenvalue weighted by molar-refractivity contribution is 0.198. The minimum Gasteiger partial charge on any atom is -0.317 e. The van der Waals surface area contributed by atoms with Gasteiger partial charge in [0.25, 0.3) is 5.56 Å². The lowest BCUT2D eigenvalue weighted by atomic mass is 10.1. The highest BCUT2D eigenvalue weighted by Gasteiger charge is 2.25. The van der Waals surface area contributed by atoms with Crippen molar-refractivity contribution in [2.24, 2.45) is 0 Å². The molecule has 1 unspecified atom stereocenters. The number of nitrogens with zero attached hydrogens (tertiary/aromatic N) is 3. The summed E-state index contributed by atoms with van der Waals surface area (Å²) in [5, 5.41) is 5.66. The molecule has 0 radical (unpaired) electrons. The number of benzene rings is 3. The summed E-state index contributed by atoms with van der Waals surface area (Å²) in [4.78, 5) is 32.6. The van der Waals surface area contributed by atoms with Crippen molar-refractivity contribution in [3.63, 3.8) is 0 Å². The second-order valence-corrected chi connectivity index (χ2v) is 7.53. The highest BCUT2D eigenvalue weighted by molar-refractivity contribution is 6.01. The molecule has 6 nitrogen and oxygen atoms in total. The number of carbonyl (C=O) groups is 1. The third kappa shape index (κ3) is 3.77. The van der Waals surface area contributed by atoms with Crippen LogP contribution >= 0.6 is 0 Å². The lowest BCUT2D eigenvalue weighted by Crippen LogP contribution is -2.38. The molecule has 4 aromatic rings. The number of nitrogens with one attached hydrogen (secondary N) is 1. The van der Waals surface area contributed by atoms with E-state index in [-0.39, 0.29) is 17.6 Å². The summed E-state index contributed by atoms with van der Waals surface area (Å²) < 4.78 is 1.66. The van der Waals surface area contributed by atoms with Crippen LogP contribution in [0.3, 0.4) is 0 Å². The summed E-state index contributed by atoms with van der Waals surface area (Å²) in [6, 6.07) is 20.5. The van der Waals surface area contributed by atoms with E-state index in [1.807, 2.05) is 74.5 Å². The molecule has 158 valence electrons. The average molecular weight is 415 g/mol. The molecule has 0 saturated heterocycles. The zero-order valence-corrected chi connectivity index (χ0v) is 18.0. The average Bonchev–Trinajstić information content (AvgIpc) is 2.80. The van der Waals surface area contributed by atoms with Crippen molar-refractivity contribution in [3.05, 3.63) is 82.9 Å². The first-order valence-electron chi connectivity index (χ1n) is 10.6. The van der Waals surface area contributed by atoms with E-state index < -0.39 is 0 Å². The summed E-state index contributed by atoms with van der Waals surface area (Å²) in [5.74, 6) is 0.601. The van der Waals surface area contributed by atoms with Crippen molar-refractivity contribution in [3.8, 4) is 0 Å². The first-order valence-corrected chi connectivity index (χ1v) is 10.6. The van der Waals surface area contributed by atoms with E-state index in [0.717, 1.165) is 16.5 Å². The van der Waals surface area contributed by atoms with Crippen LogP contribution in [0, 0.1) is 0 Å². The third-order valence-corrected chi connectivity index (χ3v) is 5.71. The molecule has 1 N–H and O–H groups in total. The molecule has 0 aliphatic rings. The molecular weight excluding hydrogens is 388 g/mol. The van der Waals surface area contributed by atoms with E-state index in [2.05, 4.69) is 5.32 Å². The number of para-hydroxylation sites is 1. The fourth-order valence-corrected chi connectivity index (χ4v) is 4.05. The fourth-order valence-electron chi connectivity index (χ4n) is 4.05. The predicted octanol–water partition coefficient (Wildman–Crippen LogP) is 5.18. The number of hydrogen-bond donors (Lipinski definition) is 1. The second-order valence-electron chi connectivity index (χ2n) is 7.53. The first-order chi connectivity index (χ1) is 15.0. The van der Waals surface area contributed by atoms with Crippen LogP contribution in [0.5, 0.6) is 0 Å². The minimum atomic E-state index is -0.341. The van der Waals surface area contributed by atoms with Gasteiger partial charge in [0.05, 0.1) is 22.6 Å². The highest BCUT2D eigenvalue weighted by atomic mass is 16.2. The van der Waals surface area contributed by atoms with Gasteiger partial charge in [-0.1, -0.05) is 55.5 Å². The molecule has 0 saturated carbocycles. The van der Waals surface area contributed by atoms with Gasteiger partial charge in [-0.2, -0.15) is 0 Å². The number of amides is 2. The quantitative estimate of drug-likeness (QED) is 0.489. The van der Waals surface area contributed by atoms with Crippen molar-refractivity contribution in [1.82, 2.24) is 14.5 Å². The van der Waals surface area contributed by atoms with Gasteiger partial charge in [-0.3, -0.25) is 9.36 Å². The standard InChI is InChI=1S/C25H26N4O2/c1-4-22(23-26-21-15-9-8-14-19(21)24(30)29(23)5-2)28(3)25(31)27-20-16-10-12-17-11-6-7-13-18(17)20/h6-16,22H,4-5H2,1-3H3,(H,27,31). The number of aromatic nitrogens is 2. The topological polar surface area (TPSA) is 67.2 Å². The largest absolute Gasteiger partial charge is 0.322 e. The Labute approximate surface area is 181 Å². The first kappa shape index (κ1) is 20.6. The van der Waals surface area contributed by atoms with Gasteiger partial charge in [-0.15, -0.1) is 0 Å². The van der Waals surface area contributed by atoms with E-state index in [4.69, 9.17) is 4.98 Å². The van der Waals surface area contributed by atoms with E-state index in [1.54, 1.807) is 22.6 Å². The van der Waals surface area contributed by atoms with Gasteiger partial charge in [0.1, 0.15) is 5.82 Å². The summed E-state index contributed by atoms with van der Waals surface area (Å²) >= 11 is 0. The lowest BCUT2D eigenvalue weighted by Gasteiger charge is -2.29. The molecule has 0 bridgehead atoms. The van der Waals surface area contributed by atoms with Crippen molar-refractivity contribution in [2.45, 2.75) is 32.9 Å². The van der Waals surface area contributed by atoms with Crippen LogP contribution < -0.4 is 10.9 Å². The van der Waals surface area contributed by atoms with E-state index in [9.17, 15) is 9.59 Å². The van der Waals surface area contributed by atoms with Crippen LogP contribution in [-0.2, 0) is 6.54 Å². The smallest absolute Gasteiger partial charge is 0.317 e. The fraction of sp³-hybridized carbons (Fsp3) is 0.240. The molecule has 2 amide bonds. The maximum absolute atomic E-state index is 13.2. The Morgan fingerprint density at radius 1 is 1.00 bits per heavy atom. The minimum absolute atomic E-state index is 0.0792. The zero-order valence-electron chi connectivity index (χ0n) is 18.0. The molecule has 0 aliphatic heterocycles. The number of rotatable bonds is 5. The Balaban J connectivity index is 1.70. The summed E-state index contributed by atoms with van der Waals surface area (Å²) in [5.41, 5.74) is 1.32. The Morgan fingerprint density at radius 2 is 1.68 bits per heavy atom. The highest BCUT2D eigenvalue weighted by Crippen LogP contribution is 2.26. The predicted molar refractivity (Wildman–Crippen MR) is 125 cm³/mol. The number of fused-ring (bicyclic) bond motifs is 2. The maximum Gasteiger partial charge on any atom is 0.322 e. The van der Waals surface area contributed by atoms with Gasteiger partial charge < -0.3 is 10.2 Å². The second kappa shape index (κ2) is 8.60. The number of hydrogen-bond acceptors (Lipinski definition) is 3. The number of anilines is 1. The monoisotopic (exact) mass is 414 g/mol. The molecular formula is C25H26N4O2. The van der Waals surface area contributed by atoms with Crippen molar-refractivity contribution in [1.29, 1.82) is 0 Å². The summed E-state index contributed by atoms with van der Waals surface area (Å²) in [6.07, 6.45) is 0.629. The Hall–Kier alpha value is -3.67. The molecule has 0 aliphatic carbocycles. The van der Waals surface area contributed by atoms with Crippen molar-refractivity contribution < 1.29 is 4.79 Å². The summed E-state index contributed by atoms with van der Waals surface area (Å²) in [7, 11) is 1.75.